The molecule has 1 aliphatic heterocycles. The van der Waals surface area contributed by atoms with Crippen LogP contribution in [-0.4, -0.2) is 26.2 Å². The van der Waals surface area contributed by atoms with E-state index in [2.05, 4.69) is 48.5 Å². The number of benzene rings is 1. The Balaban J connectivity index is 2.25. The summed E-state index contributed by atoms with van der Waals surface area (Å²) >= 11 is 0. The van der Waals surface area contributed by atoms with Crippen molar-refractivity contribution in [2.24, 2.45) is 0 Å². The Kier molecular flexibility index (Phi) is 2.46. The molecule has 1 aromatic rings. The van der Waals surface area contributed by atoms with E-state index in [4.69, 9.17) is 0 Å². The summed E-state index contributed by atoms with van der Waals surface area (Å²) < 4.78 is 0. The van der Waals surface area contributed by atoms with Crippen molar-refractivity contribution >= 4 is 5.69 Å². The molecule has 0 saturated carbocycles. The lowest BCUT2D eigenvalue weighted by molar-refractivity contribution is 0.488. The van der Waals surface area contributed by atoms with Crippen LogP contribution in [0.3, 0.4) is 0 Å². The second-order valence-electron chi connectivity index (χ2n) is 4.09. The van der Waals surface area contributed by atoms with Crippen LogP contribution in [0.5, 0.6) is 0 Å². The summed E-state index contributed by atoms with van der Waals surface area (Å²) in [4.78, 5) is 2.39. The van der Waals surface area contributed by atoms with E-state index < -0.39 is 0 Å². The Hall–Kier alpha value is -1.02. The molecule has 1 N–H and O–H groups in total. The van der Waals surface area contributed by atoms with Crippen LogP contribution in [0, 0.1) is 0 Å². The fraction of sp³-hybridized carbons (Fsp3) is 0.500. The van der Waals surface area contributed by atoms with E-state index >= 15 is 0 Å². The molecule has 76 valence electrons. The predicted octanol–water partition coefficient (Wildman–Crippen LogP) is 1.66. The number of nitrogens with one attached hydrogen (secondary N) is 1. The highest BCUT2D eigenvalue weighted by molar-refractivity contribution is 5.59. The molecule has 0 spiro atoms. The summed E-state index contributed by atoms with van der Waals surface area (Å²) in [5.41, 5.74) is 2.86. The molecule has 1 aromatic carbocycles. The maximum absolute atomic E-state index is 3.33. The van der Waals surface area contributed by atoms with E-state index in [-0.39, 0.29) is 0 Å². The Morgan fingerprint density at radius 2 is 2.14 bits per heavy atom. The van der Waals surface area contributed by atoms with Gasteiger partial charge in [-0.2, -0.15) is 0 Å². The molecule has 0 aliphatic carbocycles. The van der Waals surface area contributed by atoms with Gasteiger partial charge in [0.15, 0.2) is 0 Å². The molecule has 2 unspecified atom stereocenters. The number of anilines is 1. The molecule has 2 nitrogen and oxygen atoms in total. The van der Waals surface area contributed by atoms with E-state index in [1.54, 1.807) is 0 Å². The van der Waals surface area contributed by atoms with Gasteiger partial charge in [0.2, 0.25) is 0 Å². The van der Waals surface area contributed by atoms with Gasteiger partial charge >= 0.3 is 0 Å². The lowest BCUT2D eigenvalue weighted by Crippen LogP contribution is -2.44. The maximum atomic E-state index is 3.33. The van der Waals surface area contributed by atoms with Gasteiger partial charge in [0.05, 0.1) is 0 Å². The van der Waals surface area contributed by atoms with Crippen molar-refractivity contribution in [1.29, 1.82) is 0 Å². The molecule has 0 bridgehead atoms. The summed E-state index contributed by atoms with van der Waals surface area (Å²) in [5.74, 6) is 0. The van der Waals surface area contributed by atoms with Crippen LogP contribution in [0.2, 0.25) is 0 Å². The molecular weight excluding hydrogens is 172 g/mol. The average molecular weight is 190 g/mol. The number of nitrogens with zero attached hydrogens (tertiary/aromatic N) is 1. The first kappa shape index (κ1) is 9.53. The van der Waals surface area contributed by atoms with Gasteiger partial charge in [-0.25, -0.2) is 0 Å². The summed E-state index contributed by atoms with van der Waals surface area (Å²) in [5, 5.41) is 3.33. The lowest BCUT2D eigenvalue weighted by Gasteiger charge is -2.27. The van der Waals surface area contributed by atoms with Crippen molar-refractivity contribution in [2.75, 3.05) is 19.0 Å². The highest BCUT2D eigenvalue weighted by atomic mass is 15.2. The number of likely N-dealkylation sites (N-methyl/N-ethyl adjacent to an activating group) is 2. The predicted molar refractivity (Wildman–Crippen MR) is 60.9 cm³/mol. The van der Waals surface area contributed by atoms with Gasteiger partial charge in [0, 0.05) is 24.8 Å². The first-order valence-electron chi connectivity index (χ1n) is 5.22. The van der Waals surface area contributed by atoms with Crippen molar-refractivity contribution < 1.29 is 0 Å². The first-order valence-corrected chi connectivity index (χ1v) is 5.22. The van der Waals surface area contributed by atoms with Gasteiger partial charge in [-0.3, -0.25) is 0 Å². The minimum atomic E-state index is 0.535. The van der Waals surface area contributed by atoms with E-state index in [0.717, 1.165) is 6.42 Å². The average Bonchev–Trinajstić information content (AvgIpc) is 2.56. The molecule has 0 radical (unpaired) electrons. The van der Waals surface area contributed by atoms with Gasteiger partial charge in [-0.15, -0.1) is 0 Å². The van der Waals surface area contributed by atoms with E-state index in [9.17, 15) is 0 Å². The van der Waals surface area contributed by atoms with Gasteiger partial charge in [0.1, 0.15) is 0 Å². The summed E-state index contributed by atoms with van der Waals surface area (Å²) in [7, 11) is 4.21. The molecule has 0 aromatic heterocycles. The van der Waals surface area contributed by atoms with E-state index in [1.165, 1.54) is 11.3 Å². The normalized spacial score (nSPS) is 22.2. The number of para-hydroxylation sites is 1. The Morgan fingerprint density at radius 3 is 2.79 bits per heavy atom. The second-order valence-corrected chi connectivity index (χ2v) is 4.09. The molecule has 2 rings (SSSR count). The smallest absolute Gasteiger partial charge is 0.0478 e. The van der Waals surface area contributed by atoms with Gasteiger partial charge in [-0.05, 0) is 32.0 Å². The Bertz CT molecular complexity index is 322. The summed E-state index contributed by atoms with van der Waals surface area (Å²) in [6, 6.07) is 9.80. The number of hydrogen-bond acceptors (Lipinski definition) is 2. The quantitative estimate of drug-likeness (QED) is 0.763. The van der Waals surface area contributed by atoms with E-state index in [0.29, 0.717) is 12.1 Å². The molecule has 0 amide bonds. The van der Waals surface area contributed by atoms with Gasteiger partial charge < -0.3 is 10.2 Å². The number of rotatable bonds is 2. The largest absolute Gasteiger partial charge is 0.369 e. The third-order valence-corrected chi connectivity index (χ3v) is 3.33. The summed E-state index contributed by atoms with van der Waals surface area (Å²) in [6.07, 6.45) is 1.16. The van der Waals surface area contributed by atoms with E-state index in [1.807, 2.05) is 7.05 Å². The minimum absolute atomic E-state index is 0.535. The topological polar surface area (TPSA) is 15.3 Å². The van der Waals surface area contributed by atoms with Crippen LogP contribution in [0.15, 0.2) is 24.3 Å². The van der Waals surface area contributed by atoms with Crippen LogP contribution < -0.4 is 10.2 Å². The standard InChI is InChI=1S/C12H18N2/c1-9(13-2)12-8-10-6-4-5-7-11(10)14(12)3/h4-7,9,12-13H,8H2,1-3H3. The zero-order chi connectivity index (χ0) is 10.1. The Morgan fingerprint density at radius 1 is 1.43 bits per heavy atom. The van der Waals surface area contributed by atoms with Crippen LogP contribution in [0.4, 0.5) is 5.69 Å². The highest BCUT2D eigenvalue weighted by Gasteiger charge is 2.29. The molecule has 1 aliphatic rings. The molecule has 0 fully saturated rings. The maximum Gasteiger partial charge on any atom is 0.0478 e. The molecule has 1 heterocycles. The van der Waals surface area contributed by atoms with Crippen LogP contribution in [0.25, 0.3) is 0 Å². The van der Waals surface area contributed by atoms with Crippen LogP contribution in [0.1, 0.15) is 12.5 Å². The Labute approximate surface area is 85.9 Å². The first-order chi connectivity index (χ1) is 6.74. The SMILES string of the molecule is CNC(C)C1Cc2ccccc2N1C. The van der Waals surface area contributed by atoms with Crippen LogP contribution in [-0.2, 0) is 6.42 Å². The van der Waals surface area contributed by atoms with Crippen molar-refractivity contribution in [2.45, 2.75) is 25.4 Å². The van der Waals surface area contributed by atoms with Crippen molar-refractivity contribution in [3.8, 4) is 0 Å². The summed E-state index contributed by atoms with van der Waals surface area (Å²) in [6.45, 7) is 2.24. The zero-order valence-corrected chi connectivity index (χ0v) is 9.12. The number of fused-ring (bicyclic) bond motifs is 1. The van der Waals surface area contributed by atoms with Gasteiger partial charge in [-0.1, -0.05) is 18.2 Å². The van der Waals surface area contributed by atoms with Gasteiger partial charge in [0.25, 0.3) is 0 Å². The molecule has 2 heteroatoms. The third-order valence-electron chi connectivity index (χ3n) is 3.33. The lowest BCUT2D eigenvalue weighted by atomic mass is 10.1. The molecule has 14 heavy (non-hydrogen) atoms. The fourth-order valence-electron chi connectivity index (χ4n) is 2.27. The monoisotopic (exact) mass is 190 g/mol. The second kappa shape index (κ2) is 3.62. The number of hydrogen-bond donors (Lipinski definition) is 1. The molecule has 2 atom stereocenters. The minimum Gasteiger partial charge on any atom is -0.369 e. The highest BCUT2D eigenvalue weighted by Crippen LogP contribution is 2.31. The zero-order valence-electron chi connectivity index (χ0n) is 9.12. The molecular formula is C12H18N2. The van der Waals surface area contributed by atoms with Crippen molar-refractivity contribution in [1.82, 2.24) is 5.32 Å². The van der Waals surface area contributed by atoms with Crippen molar-refractivity contribution in [3.63, 3.8) is 0 Å². The van der Waals surface area contributed by atoms with Crippen LogP contribution >= 0.6 is 0 Å². The fourth-order valence-corrected chi connectivity index (χ4v) is 2.27. The molecule has 0 saturated heterocycles. The third kappa shape index (κ3) is 1.40. The van der Waals surface area contributed by atoms with Crippen molar-refractivity contribution in [3.05, 3.63) is 29.8 Å².